The molecule has 0 spiro atoms. The Balaban J connectivity index is 1.57. The maximum Gasteiger partial charge on any atom is 0.232 e. The molecule has 1 atom stereocenters. The number of aromatic nitrogens is 2. The number of benzene rings is 2. The number of rotatable bonds is 6. The van der Waals surface area contributed by atoms with Gasteiger partial charge in [0.05, 0.1) is 27.2 Å². The van der Waals surface area contributed by atoms with Crippen molar-refractivity contribution in [2.45, 2.75) is 12.3 Å². The molecule has 0 radical (unpaired) electrons. The van der Waals surface area contributed by atoms with Crippen molar-refractivity contribution >= 4 is 11.6 Å². The molecule has 1 fully saturated rings. The first-order valence-corrected chi connectivity index (χ1v) is 9.12. The van der Waals surface area contributed by atoms with Gasteiger partial charge in [-0.15, -0.1) is 0 Å². The van der Waals surface area contributed by atoms with Gasteiger partial charge in [-0.05, 0) is 24.3 Å². The predicted octanol–water partition coefficient (Wildman–Crippen LogP) is 3.28. The lowest BCUT2D eigenvalue weighted by Crippen LogP contribution is -2.24. The minimum absolute atomic E-state index is 0.00560. The van der Waals surface area contributed by atoms with Gasteiger partial charge in [0.15, 0.2) is 0 Å². The van der Waals surface area contributed by atoms with E-state index in [9.17, 15) is 4.79 Å². The molecule has 29 heavy (non-hydrogen) atoms. The zero-order valence-corrected chi connectivity index (χ0v) is 16.4. The SMILES string of the molecule is COc1cc(OC)cc(-c2noc(C3CC(=O)N(c4cccc(OC)c4)C3)n2)c1. The molecule has 1 saturated heterocycles. The van der Waals surface area contributed by atoms with Gasteiger partial charge >= 0.3 is 0 Å². The fourth-order valence-corrected chi connectivity index (χ4v) is 3.36. The van der Waals surface area contributed by atoms with Gasteiger partial charge in [-0.3, -0.25) is 4.79 Å². The van der Waals surface area contributed by atoms with Crippen molar-refractivity contribution in [2.75, 3.05) is 32.8 Å². The van der Waals surface area contributed by atoms with Gasteiger partial charge < -0.3 is 23.6 Å². The summed E-state index contributed by atoms with van der Waals surface area (Å²) < 4.78 is 21.3. The van der Waals surface area contributed by atoms with Gasteiger partial charge in [0, 0.05) is 36.3 Å². The van der Waals surface area contributed by atoms with E-state index in [1.54, 1.807) is 44.4 Å². The maximum atomic E-state index is 12.6. The van der Waals surface area contributed by atoms with Gasteiger partial charge in [0.1, 0.15) is 17.2 Å². The van der Waals surface area contributed by atoms with Gasteiger partial charge in [-0.1, -0.05) is 11.2 Å². The molecule has 2 heterocycles. The standard InChI is InChI=1S/C21H21N3O5/c1-26-16-6-4-5-15(10-16)24-12-14(9-19(24)25)21-22-20(23-29-21)13-7-17(27-2)11-18(8-13)28-3/h4-8,10-11,14H,9,12H2,1-3H3. The number of hydrogen-bond donors (Lipinski definition) is 0. The molecule has 1 amide bonds. The van der Waals surface area contributed by atoms with Crippen molar-refractivity contribution in [1.29, 1.82) is 0 Å². The second-order valence-electron chi connectivity index (χ2n) is 6.66. The zero-order chi connectivity index (χ0) is 20.4. The molecule has 3 aromatic rings. The molecule has 2 aromatic carbocycles. The van der Waals surface area contributed by atoms with Crippen molar-refractivity contribution in [3.05, 3.63) is 48.4 Å². The van der Waals surface area contributed by atoms with E-state index < -0.39 is 0 Å². The molecule has 8 nitrogen and oxygen atoms in total. The molecule has 0 aliphatic carbocycles. The van der Waals surface area contributed by atoms with Crippen LogP contribution in [0.15, 0.2) is 47.0 Å². The number of amides is 1. The summed E-state index contributed by atoms with van der Waals surface area (Å²) in [5.41, 5.74) is 1.50. The van der Waals surface area contributed by atoms with Crippen molar-refractivity contribution in [3.8, 4) is 28.6 Å². The lowest BCUT2D eigenvalue weighted by atomic mass is 10.1. The lowest BCUT2D eigenvalue weighted by molar-refractivity contribution is -0.117. The first kappa shape index (κ1) is 18.8. The third-order valence-electron chi connectivity index (χ3n) is 4.89. The van der Waals surface area contributed by atoms with Crippen molar-refractivity contribution in [3.63, 3.8) is 0 Å². The summed E-state index contributed by atoms with van der Waals surface area (Å²) in [5.74, 6) is 2.64. The summed E-state index contributed by atoms with van der Waals surface area (Å²) in [5, 5.41) is 4.08. The summed E-state index contributed by atoms with van der Waals surface area (Å²) in [6.07, 6.45) is 0.306. The second kappa shape index (κ2) is 7.83. The smallest absolute Gasteiger partial charge is 0.232 e. The van der Waals surface area contributed by atoms with E-state index >= 15 is 0 Å². The van der Waals surface area contributed by atoms with E-state index in [2.05, 4.69) is 10.1 Å². The van der Waals surface area contributed by atoms with E-state index in [4.69, 9.17) is 18.7 Å². The fourth-order valence-electron chi connectivity index (χ4n) is 3.36. The Hall–Kier alpha value is -3.55. The van der Waals surface area contributed by atoms with Crippen LogP contribution >= 0.6 is 0 Å². The Labute approximate surface area is 168 Å². The van der Waals surface area contributed by atoms with Crippen molar-refractivity contribution < 1.29 is 23.5 Å². The van der Waals surface area contributed by atoms with Crippen LogP contribution in [0.5, 0.6) is 17.2 Å². The van der Waals surface area contributed by atoms with Crippen LogP contribution in [-0.4, -0.2) is 43.9 Å². The second-order valence-corrected chi connectivity index (χ2v) is 6.66. The molecule has 0 saturated carbocycles. The van der Waals surface area contributed by atoms with Crippen LogP contribution in [0.4, 0.5) is 5.69 Å². The Morgan fingerprint density at radius 1 is 1.00 bits per heavy atom. The third kappa shape index (κ3) is 3.73. The molecular weight excluding hydrogens is 374 g/mol. The third-order valence-corrected chi connectivity index (χ3v) is 4.89. The van der Waals surface area contributed by atoms with Crippen LogP contribution in [0.3, 0.4) is 0 Å². The van der Waals surface area contributed by atoms with E-state index in [-0.39, 0.29) is 11.8 Å². The first-order chi connectivity index (χ1) is 14.1. The number of anilines is 1. The van der Waals surface area contributed by atoms with E-state index in [1.165, 1.54) is 0 Å². The highest BCUT2D eigenvalue weighted by Crippen LogP contribution is 2.34. The molecule has 0 bridgehead atoms. The number of methoxy groups -OCH3 is 3. The highest BCUT2D eigenvalue weighted by molar-refractivity contribution is 5.96. The van der Waals surface area contributed by atoms with Crippen molar-refractivity contribution in [2.24, 2.45) is 0 Å². The van der Waals surface area contributed by atoms with Crippen molar-refractivity contribution in [1.82, 2.24) is 10.1 Å². The topological polar surface area (TPSA) is 86.9 Å². The number of ether oxygens (including phenoxy) is 3. The number of carbonyl (C=O) groups excluding carboxylic acids is 1. The summed E-state index contributed by atoms with van der Waals surface area (Å²) in [6.45, 7) is 0.467. The van der Waals surface area contributed by atoms with E-state index in [0.29, 0.717) is 47.5 Å². The fraction of sp³-hybridized carbons (Fsp3) is 0.286. The van der Waals surface area contributed by atoms with E-state index in [0.717, 1.165) is 5.69 Å². The first-order valence-electron chi connectivity index (χ1n) is 9.12. The van der Waals surface area contributed by atoms with Crippen LogP contribution in [0.2, 0.25) is 0 Å². The van der Waals surface area contributed by atoms with Crippen LogP contribution in [-0.2, 0) is 4.79 Å². The minimum atomic E-state index is -0.178. The average molecular weight is 395 g/mol. The molecule has 1 aromatic heterocycles. The van der Waals surface area contributed by atoms with Gasteiger partial charge in [0.25, 0.3) is 0 Å². The zero-order valence-electron chi connectivity index (χ0n) is 16.4. The number of carbonyl (C=O) groups is 1. The largest absolute Gasteiger partial charge is 0.497 e. The summed E-state index contributed by atoms with van der Waals surface area (Å²) >= 11 is 0. The molecule has 1 unspecified atom stereocenters. The molecule has 4 rings (SSSR count). The van der Waals surface area contributed by atoms with E-state index in [1.807, 2.05) is 24.3 Å². The van der Waals surface area contributed by atoms with Gasteiger partial charge in [-0.25, -0.2) is 0 Å². The van der Waals surface area contributed by atoms with Crippen LogP contribution in [0.25, 0.3) is 11.4 Å². The van der Waals surface area contributed by atoms with Gasteiger partial charge in [-0.2, -0.15) is 4.98 Å². The summed E-state index contributed by atoms with van der Waals surface area (Å²) in [6, 6.07) is 12.8. The maximum absolute atomic E-state index is 12.6. The number of nitrogens with zero attached hydrogens (tertiary/aromatic N) is 3. The molecule has 150 valence electrons. The molecular formula is C21H21N3O5. The quantitative estimate of drug-likeness (QED) is 0.633. The van der Waals surface area contributed by atoms with Gasteiger partial charge in [0.2, 0.25) is 17.6 Å². The monoisotopic (exact) mass is 395 g/mol. The molecule has 1 aliphatic rings. The molecule has 1 aliphatic heterocycles. The Morgan fingerprint density at radius 3 is 2.41 bits per heavy atom. The molecule has 8 heteroatoms. The Bertz CT molecular complexity index is 1010. The summed E-state index contributed by atoms with van der Waals surface area (Å²) in [4.78, 5) is 18.8. The predicted molar refractivity (Wildman–Crippen MR) is 106 cm³/mol. The Kier molecular flexibility index (Phi) is 5.07. The van der Waals surface area contributed by atoms with Crippen LogP contribution in [0.1, 0.15) is 18.2 Å². The Morgan fingerprint density at radius 2 is 1.72 bits per heavy atom. The molecule has 0 N–H and O–H groups in total. The number of hydrogen-bond acceptors (Lipinski definition) is 7. The summed E-state index contributed by atoms with van der Waals surface area (Å²) in [7, 11) is 4.76. The minimum Gasteiger partial charge on any atom is -0.497 e. The highest BCUT2D eigenvalue weighted by Gasteiger charge is 2.35. The highest BCUT2D eigenvalue weighted by atomic mass is 16.5. The van der Waals surface area contributed by atoms with Crippen LogP contribution in [0, 0.1) is 0 Å². The lowest BCUT2D eigenvalue weighted by Gasteiger charge is -2.16. The van der Waals surface area contributed by atoms with Crippen LogP contribution < -0.4 is 19.1 Å². The average Bonchev–Trinajstić information content (AvgIpc) is 3.40. The normalized spacial score (nSPS) is 16.2.